The van der Waals surface area contributed by atoms with Crippen molar-refractivity contribution in [2.45, 2.75) is 143 Å². The molecule has 0 aliphatic rings. The van der Waals surface area contributed by atoms with Crippen LogP contribution < -0.4 is 81.8 Å². The second-order valence-electron chi connectivity index (χ2n) is 31.6. The molecule has 0 aliphatic heterocycles. The first-order chi connectivity index (χ1) is 66.1. The number of aromatic amines is 1. The number of benzene rings is 7. The van der Waals surface area contributed by atoms with Gasteiger partial charge < -0.3 is 95.7 Å². The maximum absolute atomic E-state index is 11.7. The zero-order valence-corrected chi connectivity index (χ0v) is 84.5. The molecule has 0 saturated heterocycles. The number of amides is 5. The third-order valence-corrected chi connectivity index (χ3v) is 19.4. The lowest BCUT2D eigenvalue weighted by atomic mass is 10.1. The van der Waals surface area contributed by atoms with Crippen molar-refractivity contribution in [1.29, 1.82) is 0 Å². The molecule has 14 aromatic rings. The van der Waals surface area contributed by atoms with E-state index in [-0.39, 0.29) is 57.7 Å². The predicted molar refractivity (Wildman–Crippen MR) is 567 cm³/mol. The molecule has 5 amide bonds. The number of methoxy groups -OCH3 is 3. The Balaban J connectivity index is 0.000000277. The van der Waals surface area contributed by atoms with Gasteiger partial charge in [-0.25, -0.2) is 24.7 Å². The van der Waals surface area contributed by atoms with Crippen LogP contribution in [0.1, 0.15) is 128 Å². The van der Waals surface area contributed by atoms with Crippen LogP contribution in [0.5, 0.6) is 5.75 Å². The number of halogens is 3. The number of nitrogens with two attached hydrogens (primary N) is 6. The third kappa shape index (κ3) is 42.8. The highest BCUT2D eigenvalue weighted by molar-refractivity contribution is 6.31. The number of allylic oxidation sites excluding steroid dienone is 1. The number of aromatic nitrogens is 9. The lowest BCUT2D eigenvalue weighted by Gasteiger charge is -2.17. The summed E-state index contributed by atoms with van der Waals surface area (Å²) in [5, 5.41) is 24.6. The highest BCUT2D eigenvalue weighted by Crippen LogP contribution is 2.31. The number of esters is 2. The Morgan fingerprint density at radius 1 is 0.421 bits per heavy atom. The second kappa shape index (κ2) is 58.1. The standard InChI is InChI=1S/C15H14ClN5.C13H16N2O3.C13H14N2O2.C12H13N3O.C12H12N2O2.C10H11N3.C9H22N2.C8H10N2O.C5H4Cl2N2.C5H8O3/c1-8-5-12(17)11-7-10(3-4-13(11)18-8)20-14-6-9(2)19-15(16)21-14;1-9(8-13(17)18-3)14-11-4-6-12(7-5-11)15-10(2)16;1-8-6-13(17-3)11-7-10(15-9(2)16)4-5-12(11)14-8;1-7-5-11(13)10-6-9(15-8(2)16)3-4-12(10)14-7;1-7-5-12(16)10-6-9(14-8(2)15)3-4-11(10)13-7;1-6-4-9(12)8-5-7(11)2-3-10(8)13-6;1-4-11(5-2)8-6-7-9(3)10;1-6(11)10-8-4-2-7(9)3-5-8;1-3-2-4(6)9-5(7)8-3;1-4(6)3-5(7)8-2/h3-7H,1-2H3,(H2,17,18)(H,19,20,21);4-8,14H,1-3H3,(H,15,16);4-7H,1-3H3,(H,15,16);3-6H,1-2H3,(H2,13,14)(H,15,16);3-6H,1-2H3,(H,13,16)(H,14,15);2-5H,11H2,1H3,(H2,12,13);9H,4-8,10H2,1-3H3;2-5H,9H2,1H3,(H,10,11);2H,1H3;3H2,1-2H3. The van der Waals surface area contributed by atoms with Crippen molar-refractivity contribution in [3.8, 4) is 5.75 Å². The van der Waals surface area contributed by atoms with Crippen molar-refractivity contribution in [3.63, 3.8) is 0 Å². The van der Waals surface area contributed by atoms with E-state index in [0.717, 1.165) is 154 Å². The average molecular weight is 1970 g/mol. The fourth-order valence-corrected chi connectivity index (χ4v) is 13.5. The quantitative estimate of drug-likeness (QED) is 0.00893. The van der Waals surface area contributed by atoms with Gasteiger partial charge >= 0.3 is 11.9 Å². The van der Waals surface area contributed by atoms with E-state index in [1.165, 1.54) is 74.8 Å². The Kier molecular flexibility index (Phi) is 47.7. The van der Waals surface area contributed by atoms with Crippen LogP contribution in [-0.2, 0) is 47.8 Å². The maximum Gasteiger partial charge on any atom is 0.332 e. The molecular weight excluding hydrogens is 1850 g/mol. The number of ether oxygens (including phenoxy) is 3. The van der Waals surface area contributed by atoms with Crippen molar-refractivity contribution < 1.29 is 52.6 Å². The summed E-state index contributed by atoms with van der Waals surface area (Å²) in [7, 11) is 4.21. The highest BCUT2D eigenvalue weighted by Gasteiger charge is 2.13. The number of ketones is 1. The summed E-state index contributed by atoms with van der Waals surface area (Å²) in [5.74, 6) is -0.175. The molecule has 7 aromatic heterocycles. The van der Waals surface area contributed by atoms with E-state index in [4.69, 9.17) is 73.9 Å². The number of nitrogens with one attached hydrogen (secondary N) is 8. The van der Waals surface area contributed by atoms with Gasteiger partial charge in [-0.15, -0.1) is 0 Å². The highest BCUT2D eigenvalue weighted by atomic mass is 35.5. The summed E-state index contributed by atoms with van der Waals surface area (Å²) in [6, 6.07) is 54.6. The monoisotopic (exact) mass is 1970 g/mol. The van der Waals surface area contributed by atoms with Crippen LogP contribution in [0.4, 0.5) is 74.1 Å². The first kappa shape index (κ1) is 115. The topological polar surface area (TPSA) is 544 Å². The minimum atomic E-state index is -0.475. The Bertz CT molecular complexity index is 6640. The number of H-pyrrole nitrogens is 1. The number of anilines is 13. The van der Waals surface area contributed by atoms with Gasteiger partial charge in [-0.3, -0.25) is 58.3 Å². The van der Waals surface area contributed by atoms with Crippen molar-refractivity contribution in [2.24, 2.45) is 5.73 Å². The zero-order valence-electron chi connectivity index (χ0n) is 82.2. The Labute approximate surface area is 828 Å². The molecule has 7 heterocycles. The molecule has 20 N–H and O–H groups in total. The molecule has 0 aliphatic carbocycles. The summed E-state index contributed by atoms with van der Waals surface area (Å²) >= 11 is 16.8. The molecule has 14 rings (SSSR count). The van der Waals surface area contributed by atoms with Crippen LogP contribution in [0, 0.1) is 48.5 Å². The molecule has 0 bridgehead atoms. The molecule has 7 aromatic carbocycles. The number of hydrogen-bond acceptors (Lipinski definition) is 29. The van der Waals surface area contributed by atoms with Crippen LogP contribution in [0.25, 0.3) is 54.5 Å². The van der Waals surface area contributed by atoms with E-state index in [1.807, 2.05) is 145 Å². The minimum Gasteiger partial charge on any atom is -0.496 e. The third-order valence-electron chi connectivity index (χ3n) is 18.8. The summed E-state index contributed by atoms with van der Waals surface area (Å²) in [5.41, 5.74) is 54.2. The first-order valence-corrected chi connectivity index (χ1v) is 45.0. The average Bonchev–Trinajstić information content (AvgIpc) is 0.833. The normalized spacial score (nSPS) is 10.5. The zero-order chi connectivity index (χ0) is 104. The molecule has 0 saturated carbocycles. The molecule has 1 atom stereocenters. The molecule has 35 nitrogen and oxygen atoms in total. The fraction of sp³-hybridized carbons (Fsp3) is 0.265. The number of nitrogen functional groups attached to an aromatic ring is 5. The first-order valence-electron chi connectivity index (χ1n) is 43.9. The van der Waals surface area contributed by atoms with Gasteiger partial charge in [0.05, 0.1) is 43.4 Å². The van der Waals surface area contributed by atoms with Crippen molar-refractivity contribution >= 4 is 211 Å². The molecule has 140 heavy (non-hydrogen) atoms. The lowest BCUT2D eigenvalue weighted by Crippen LogP contribution is -2.25. The van der Waals surface area contributed by atoms with Gasteiger partial charge in [0, 0.05) is 211 Å². The number of hydrogen-bond donors (Lipinski definition) is 14. The number of carbonyl (C=O) groups excluding carboxylic acids is 8. The molecule has 0 spiro atoms. The van der Waals surface area contributed by atoms with E-state index in [0.29, 0.717) is 56.5 Å². The smallest absolute Gasteiger partial charge is 0.332 e. The van der Waals surface area contributed by atoms with E-state index >= 15 is 0 Å². The lowest BCUT2D eigenvalue weighted by molar-refractivity contribution is -0.143. The number of aryl methyl sites for hydroxylation is 7. The van der Waals surface area contributed by atoms with Crippen LogP contribution in [0.2, 0.25) is 15.7 Å². The number of Topliss-reactive ketones (excluding diaryl/α,β-unsaturated/α-hetero) is 1. The van der Waals surface area contributed by atoms with Crippen LogP contribution >= 0.6 is 34.8 Å². The van der Waals surface area contributed by atoms with E-state index in [9.17, 15) is 43.2 Å². The van der Waals surface area contributed by atoms with Gasteiger partial charge in [-0.2, -0.15) is 0 Å². The number of pyridine rings is 5. The summed E-state index contributed by atoms with van der Waals surface area (Å²) in [6.07, 6.45) is 3.63. The summed E-state index contributed by atoms with van der Waals surface area (Å²) < 4.78 is 14.0. The van der Waals surface area contributed by atoms with Crippen LogP contribution in [0.15, 0.2) is 199 Å². The van der Waals surface area contributed by atoms with E-state index < -0.39 is 11.9 Å². The minimum absolute atomic E-state index is 0.0431. The van der Waals surface area contributed by atoms with Crippen LogP contribution in [-0.4, -0.2) is 144 Å². The number of carbonyl (C=O) groups is 8. The Morgan fingerprint density at radius 3 is 1.22 bits per heavy atom. The van der Waals surface area contributed by atoms with Crippen LogP contribution in [0.3, 0.4) is 0 Å². The predicted octanol–water partition coefficient (Wildman–Crippen LogP) is 18.8. The maximum atomic E-state index is 11.7. The summed E-state index contributed by atoms with van der Waals surface area (Å²) in [6.45, 7) is 33.6. The largest absolute Gasteiger partial charge is 0.496 e. The second-order valence-corrected chi connectivity index (χ2v) is 32.7. The van der Waals surface area contributed by atoms with Gasteiger partial charge in [-0.1, -0.05) is 25.4 Å². The molecule has 38 heteroatoms. The number of rotatable bonds is 19. The van der Waals surface area contributed by atoms with Crippen molar-refractivity contribution in [3.05, 3.63) is 260 Å². The molecule has 1 unspecified atom stereocenters. The van der Waals surface area contributed by atoms with Crippen molar-refractivity contribution in [1.82, 2.24) is 49.8 Å². The molecule has 0 fully saturated rings. The van der Waals surface area contributed by atoms with E-state index in [1.54, 1.807) is 99.8 Å². The SMILES string of the molecule is CC(=O)Nc1ccc(N)cc1.CC(=O)Nc1ccc2[nH]c(C)cc(=O)c2c1.CC(=O)Nc1ccc2nc(C)cc(N)c2c1.CCN(CC)CCCC(C)N.COC(=O)C=C(C)Nc1ccc(NC(C)=O)cc1.COC(=O)CC(C)=O.COc1cc(C)nc2ccc(NC(C)=O)cc12.Cc1cc(Cl)nc(Cl)n1.Cc1cc(N)c2cc(N)ccc2n1.Cc1cc(Nc2ccc3nc(C)cc(N)c3c2)nc(Cl)n1. The molecule has 740 valence electrons. The molecule has 0 radical (unpaired) electrons. The number of nitrogens with zero attached hydrogens (tertiary/aromatic N) is 9. The van der Waals surface area contributed by atoms with Gasteiger partial charge in [0.15, 0.2) is 5.43 Å². The van der Waals surface area contributed by atoms with Gasteiger partial charge in [0.1, 0.15) is 28.9 Å². The van der Waals surface area contributed by atoms with Gasteiger partial charge in [0.2, 0.25) is 40.1 Å². The Hall–Kier alpha value is -15.6. The Morgan fingerprint density at radius 2 is 0.800 bits per heavy atom. The van der Waals surface area contributed by atoms with E-state index in [2.05, 4.69) is 117 Å². The summed E-state index contributed by atoms with van der Waals surface area (Å²) in [4.78, 5) is 136. The van der Waals surface area contributed by atoms with Crippen molar-refractivity contribution in [2.75, 3.05) is 107 Å². The fourth-order valence-electron chi connectivity index (χ4n) is 12.8. The number of fused-ring (bicyclic) bond motifs is 5. The van der Waals surface area contributed by atoms with Gasteiger partial charge in [-0.05, 0) is 289 Å². The molecular formula is C102H124Cl3N23O12. The van der Waals surface area contributed by atoms with Gasteiger partial charge in [0.25, 0.3) is 0 Å².